The molecule has 0 saturated heterocycles. The lowest BCUT2D eigenvalue weighted by molar-refractivity contribution is 1.28. The average molecular weight is 736 g/mol. The summed E-state index contributed by atoms with van der Waals surface area (Å²) in [5.74, 6) is 0. The van der Waals surface area contributed by atoms with Crippen molar-refractivity contribution >= 4 is 93.5 Å². The minimum atomic E-state index is 1.10. The Labute approximate surface area is 331 Å². The first-order valence-electron chi connectivity index (χ1n) is 19.0. The van der Waals surface area contributed by atoms with E-state index in [1.807, 2.05) is 11.3 Å². The number of hydrogen-bond donors (Lipinski definition) is 0. The molecule has 1 aromatic heterocycles. The first-order chi connectivity index (χ1) is 27.8. The number of benzene rings is 9. The lowest BCUT2D eigenvalue weighted by Crippen LogP contribution is -2.13. The zero-order valence-corrected chi connectivity index (χ0v) is 31.4. The van der Waals surface area contributed by atoms with Gasteiger partial charge in [0.15, 0.2) is 0 Å². The Balaban J connectivity index is 1.35. The van der Waals surface area contributed by atoms with E-state index in [0.29, 0.717) is 0 Å². The van der Waals surface area contributed by atoms with Crippen molar-refractivity contribution in [1.29, 1.82) is 0 Å². The van der Waals surface area contributed by atoms with E-state index in [4.69, 9.17) is 0 Å². The van der Waals surface area contributed by atoms with Crippen molar-refractivity contribution in [2.45, 2.75) is 0 Å². The van der Waals surface area contributed by atoms with Crippen LogP contribution < -0.4 is 14.7 Å². The van der Waals surface area contributed by atoms with E-state index < -0.39 is 0 Å². The van der Waals surface area contributed by atoms with Crippen LogP contribution >= 0.6 is 11.3 Å². The van der Waals surface area contributed by atoms with Crippen LogP contribution in [0.15, 0.2) is 224 Å². The number of hydrogen-bond acceptors (Lipinski definition) is 4. The van der Waals surface area contributed by atoms with Crippen molar-refractivity contribution in [3.05, 3.63) is 224 Å². The number of thiophene rings is 1. The second-order valence-corrected chi connectivity index (χ2v) is 14.8. The van der Waals surface area contributed by atoms with Gasteiger partial charge < -0.3 is 14.7 Å². The van der Waals surface area contributed by atoms with Gasteiger partial charge in [-0.2, -0.15) is 0 Å². The van der Waals surface area contributed by atoms with E-state index in [1.54, 1.807) is 0 Å². The van der Waals surface area contributed by atoms with Crippen molar-refractivity contribution < 1.29 is 0 Å². The van der Waals surface area contributed by atoms with Gasteiger partial charge in [0.2, 0.25) is 0 Å². The van der Waals surface area contributed by atoms with Gasteiger partial charge in [-0.15, -0.1) is 11.3 Å². The van der Waals surface area contributed by atoms with E-state index in [9.17, 15) is 0 Å². The molecule has 3 nitrogen and oxygen atoms in total. The fourth-order valence-electron chi connectivity index (χ4n) is 7.97. The zero-order chi connectivity index (χ0) is 37.3. The van der Waals surface area contributed by atoms with E-state index in [-0.39, 0.29) is 0 Å². The molecule has 1 heterocycles. The highest BCUT2D eigenvalue weighted by molar-refractivity contribution is 7.26. The maximum absolute atomic E-state index is 2.45. The lowest BCUT2D eigenvalue weighted by Gasteiger charge is -2.31. The summed E-state index contributed by atoms with van der Waals surface area (Å²) in [5.41, 5.74) is 10.0. The number of rotatable bonds is 9. The molecule has 10 rings (SSSR count). The SMILES string of the molecule is c1ccc(N(c2cccc3ccccc23)c2ccc(N(c3ccccc3)c3ccccc3)c3c2sc2cccc(N(c4ccccc4)c4ccccc4)c23)cc1. The summed E-state index contributed by atoms with van der Waals surface area (Å²) in [6.07, 6.45) is 0. The minimum absolute atomic E-state index is 1.10. The smallest absolute Gasteiger partial charge is 0.0642 e. The maximum Gasteiger partial charge on any atom is 0.0642 e. The monoisotopic (exact) mass is 735 g/mol. The van der Waals surface area contributed by atoms with Crippen molar-refractivity contribution in [3.63, 3.8) is 0 Å². The highest BCUT2D eigenvalue weighted by atomic mass is 32.1. The third kappa shape index (κ3) is 5.94. The molecule has 0 aliphatic carbocycles. The van der Waals surface area contributed by atoms with Crippen LogP contribution in [0, 0.1) is 0 Å². The Hall–Kier alpha value is -7.14. The standard InChI is InChI=1S/C52H37N3S/c1-6-22-39(23-7-1)53(40-24-8-2-9-25-40)46-34-19-35-49-50(46)51-47(54(41-26-10-3-11-27-41)42-28-12-4-13-29-42)36-37-48(52(51)56-49)55(43-30-14-5-15-31-43)45-33-18-21-38-20-16-17-32-44(38)45/h1-37H. The molecule has 0 amide bonds. The summed E-state index contributed by atoms with van der Waals surface area (Å²) in [6.45, 7) is 0. The molecule has 10 aromatic rings. The second-order valence-electron chi connectivity index (χ2n) is 13.7. The van der Waals surface area contributed by atoms with E-state index in [2.05, 4.69) is 239 Å². The largest absolute Gasteiger partial charge is 0.310 e. The number of anilines is 9. The fraction of sp³-hybridized carbons (Fsp3) is 0. The predicted molar refractivity (Wildman–Crippen MR) is 241 cm³/mol. The van der Waals surface area contributed by atoms with Crippen molar-refractivity contribution in [2.24, 2.45) is 0 Å². The molecule has 0 atom stereocenters. The van der Waals surface area contributed by atoms with Crippen LogP contribution in [-0.2, 0) is 0 Å². The molecule has 0 N–H and O–H groups in total. The summed E-state index contributed by atoms with van der Waals surface area (Å²) in [5, 5.41) is 4.81. The van der Waals surface area contributed by atoms with Gasteiger partial charge in [-0.25, -0.2) is 0 Å². The Morgan fingerprint density at radius 2 is 0.661 bits per heavy atom. The third-order valence-corrected chi connectivity index (χ3v) is 11.6. The molecule has 0 bridgehead atoms. The van der Waals surface area contributed by atoms with Crippen molar-refractivity contribution in [2.75, 3.05) is 14.7 Å². The zero-order valence-electron chi connectivity index (χ0n) is 30.6. The van der Waals surface area contributed by atoms with Gasteiger partial charge >= 0.3 is 0 Å². The molecule has 56 heavy (non-hydrogen) atoms. The number of nitrogens with zero attached hydrogens (tertiary/aromatic N) is 3. The van der Waals surface area contributed by atoms with E-state index in [1.165, 1.54) is 30.9 Å². The Kier molecular flexibility index (Phi) is 8.71. The minimum Gasteiger partial charge on any atom is -0.310 e. The third-order valence-electron chi connectivity index (χ3n) is 10.4. The van der Waals surface area contributed by atoms with E-state index >= 15 is 0 Å². The van der Waals surface area contributed by atoms with Crippen LogP contribution in [0.25, 0.3) is 30.9 Å². The Morgan fingerprint density at radius 1 is 0.268 bits per heavy atom. The molecule has 0 spiro atoms. The molecular weight excluding hydrogens is 699 g/mol. The summed E-state index contributed by atoms with van der Waals surface area (Å²) in [6, 6.07) is 80.4. The molecule has 0 saturated carbocycles. The summed E-state index contributed by atoms with van der Waals surface area (Å²) in [7, 11) is 0. The van der Waals surface area contributed by atoms with Crippen molar-refractivity contribution in [1.82, 2.24) is 0 Å². The van der Waals surface area contributed by atoms with Gasteiger partial charge in [0.25, 0.3) is 0 Å². The van der Waals surface area contributed by atoms with Crippen LogP contribution in [-0.4, -0.2) is 0 Å². The average Bonchev–Trinajstić information content (AvgIpc) is 3.68. The first kappa shape index (κ1) is 33.4. The molecule has 0 aliphatic rings. The van der Waals surface area contributed by atoms with Crippen LogP contribution in [0.1, 0.15) is 0 Å². The van der Waals surface area contributed by atoms with Crippen LogP contribution in [0.3, 0.4) is 0 Å². The highest BCUT2D eigenvalue weighted by Crippen LogP contribution is 2.54. The molecule has 4 heteroatoms. The summed E-state index contributed by atoms with van der Waals surface area (Å²) >= 11 is 1.86. The number of fused-ring (bicyclic) bond motifs is 4. The van der Waals surface area contributed by atoms with Gasteiger partial charge in [-0.1, -0.05) is 133 Å². The second kappa shape index (κ2) is 14.6. The lowest BCUT2D eigenvalue weighted by atomic mass is 10.0. The van der Waals surface area contributed by atoms with Crippen LogP contribution in [0.4, 0.5) is 51.2 Å². The van der Waals surface area contributed by atoms with Gasteiger partial charge in [-0.3, -0.25) is 0 Å². The van der Waals surface area contributed by atoms with E-state index in [0.717, 1.165) is 51.2 Å². The fourth-order valence-corrected chi connectivity index (χ4v) is 9.22. The molecule has 0 radical (unpaired) electrons. The molecule has 0 unspecified atom stereocenters. The first-order valence-corrected chi connectivity index (χ1v) is 19.8. The topological polar surface area (TPSA) is 9.72 Å². The Morgan fingerprint density at radius 3 is 1.20 bits per heavy atom. The molecule has 9 aromatic carbocycles. The van der Waals surface area contributed by atoms with Gasteiger partial charge in [-0.05, 0) is 96.4 Å². The van der Waals surface area contributed by atoms with Gasteiger partial charge in [0, 0.05) is 49.3 Å². The summed E-state index contributed by atoms with van der Waals surface area (Å²) < 4.78 is 2.43. The highest BCUT2D eigenvalue weighted by Gasteiger charge is 2.27. The molecular formula is C52H37N3S. The molecule has 0 fully saturated rings. The number of para-hydroxylation sites is 5. The van der Waals surface area contributed by atoms with Crippen LogP contribution in [0.5, 0.6) is 0 Å². The molecule has 266 valence electrons. The van der Waals surface area contributed by atoms with Gasteiger partial charge in [0.1, 0.15) is 0 Å². The summed E-state index contributed by atoms with van der Waals surface area (Å²) in [4.78, 5) is 7.26. The predicted octanol–water partition coefficient (Wildman–Crippen LogP) is 15.6. The molecule has 0 aliphatic heterocycles. The normalized spacial score (nSPS) is 11.2. The maximum atomic E-state index is 2.45. The quantitative estimate of drug-likeness (QED) is 0.146. The van der Waals surface area contributed by atoms with Gasteiger partial charge in [0.05, 0.1) is 27.4 Å². The van der Waals surface area contributed by atoms with Crippen molar-refractivity contribution in [3.8, 4) is 0 Å². The van der Waals surface area contributed by atoms with Crippen LogP contribution in [0.2, 0.25) is 0 Å². The Bertz CT molecular complexity index is 2830.